The van der Waals surface area contributed by atoms with Gasteiger partial charge >= 0.3 is 0 Å². The molecule has 0 heterocycles. The normalized spacial score (nSPS) is 9.56. The average molecular weight is 238 g/mol. The van der Waals surface area contributed by atoms with Crippen molar-refractivity contribution in [3.05, 3.63) is 54.1 Å². The molecule has 0 atom stereocenters. The van der Waals surface area contributed by atoms with Gasteiger partial charge in [-0.05, 0) is 43.3 Å². The largest absolute Gasteiger partial charge is 0.492 e. The van der Waals surface area contributed by atoms with Gasteiger partial charge in [0.15, 0.2) is 0 Å². The summed E-state index contributed by atoms with van der Waals surface area (Å²) >= 11 is 0. The number of para-hydroxylation sites is 2. The van der Waals surface area contributed by atoms with E-state index < -0.39 is 0 Å². The minimum absolute atomic E-state index is 0.631. The van der Waals surface area contributed by atoms with E-state index in [9.17, 15) is 0 Å². The topological polar surface area (TPSA) is 45.0 Å². The highest BCUT2D eigenvalue weighted by molar-refractivity contribution is 5.66. The van der Waals surface area contributed by atoms with Gasteiger partial charge in [0.05, 0.1) is 23.9 Å². The van der Waals surface area contributed by atoms with Crippen LogP contribution in [0.3, 0.4) is 0 Å². The van der Waals surface area contributed by atoms with Gasteiger partial charge in [0.25, 0.3) is 0 Å². The van der Waals surface area contributed by atoms with Crippen LogP contribution < -0.4 is 10.1 Å². The number of ether oxygens (including phenoxy) is 1. The molecule has 2 aromatic carbocycles. The van der Waals surface area contributed by atoms with E-state index in [1.165, 1.54) is 0 Å². The monoisotopic (exact) mass is 238 g/mol. The van der Waals surface area contributed by atoms with Gasteiger partial charge in [0.1, 0.15) is 5.75 Å². The van der Waals surface area contributed by atoms with Crippen molar-refractivity contribution >= 4 is 11.4 Å². The van der Waals surface area contributed by atoms with Crippen molar-refractivity contribution in [1.29, 1.82) is 5.26 Å². The van der Waals surface area contributed by atoms with Crippen molar-refractivity contribution in [2.45, 2.75) is 6.92 Å². The second-order valence-electron chi connectivity index (χ2n) is 3.74. The van der Waals surface area contributed by atoms with Gasteiger partial charge in [-0.2, -0.15) is 5.26 Å². The number of benzene rings is 2. The summed E-state index contributed by atoms with van der Waals surface area (Å²) in [7, 11) is 0. The maximum absolute atomic E-state index is 8.74. The summed E-state index contributed by atoms with van der Waals surface area (Å²) < 4.78 is 5.54. The molecule has 1 N–H and O–H groups in total. The van der Waals surface area contributed by atoms with Crippen LogP contribution in [0.2, 0.25) is 0 Å². The number of anilines is 2. The third kappa shape index (κ3) is 2.80. The lowest BCUT2D eigenvalue weighted by molar-refractivity contribution is 0.342. The first kappa shape index (κ1) is 12.0. The van der Waals surface area contributed by atoms with Crippen LogP contribution in [0, 0.1) is 11.3 Å². The van der Waals surface area contributed by atoms with Crippen molar-refractivity contribution in [1.82, 2.24) is 0 Å². The second kappa shape index (κ2) is 5.74. The Kier molecular flexibility index (Phi) is 3.83. The fraction of sp³-hybridized carbons (Fsp3) is 0.133. The van der Waals surface area contributed by atoms with Gasteiger partial charge in [-0.1, -0.05) is 12.1 Å². The lowest BCUT2D eigenvalue weighted by Crippen LogP contribution is -1.97. The standard InChI is InChI=1S/C15H14N2O/c1-2-18-15-6-4-3-5-14(15)17-13-9-7-12(11-16)8-10-13/h3-10,17H,2H2,1H3. The summed E-state index contributed by atoms with van der Waals surface area (Å²) in [6.07, 6.45) is 0. The van der Waals surface area contributed by atoms with Gasteiger partial charge in [0.2, 0.25) is 0 Å². The van der Waals surface area contributed by atoms with Gasteiger partial charge in [0, 0.05) is 5.69 Å². The van der Waals surface area contributed by atoms with E-state index >= 15 is 0 Å². The molecule has 0 unspecified atom stereocenters. The van der Waals surface area contributed by atoms with Crippen LogP contribution in [-0.2, 0) is 0 Å². The van der Waals surface area contributed by atoms with E-state index in [-0.39, 0.29) is 0 Å². The lowest BCUT2D eigenvalue weighted by atomic mass is 10.2. The highest BCUT2D eigenvalue weighted by Gasteiger charge is 2.02. The first-order valence-electron chi connectivity index (χ1n) is 5.82. The Morgan fingerprint density at radius 1 is 1.11 bits per heavy atom. The summed E-state index contributed by atoms with van der Waals surface area (Å²) in [5.74, 6) is 0.823. The highest BCUT2D eigenvalue weighted by Crippen LogP contribution is 2.27. The van der Waals surface area contributed by atoms with E-state index in [2.05, 4.69) is 11.4 Å². The Morgan fingerprint density at radius 3 is 2.50 bits per heavy atom. The van der Waals surface area contributed by atoms with Crippen LogP contribution >= 0.6 is 0 Å². The predicted molar refractivity (Wildman–Crippen MR) is 72.1 cm³/mol. The third-order valence-electron chi connectivity index (χ3n) is 2.48. The highest BCUT2D eigenvalue weighted by atomic mass is 16.5. The summed E-state index contributed by atoms with van der Waals surface area (Å²) in [5, 5.41) is 12.0. The molecule has 0 spiro atoms. The molecule has 0 fully saturated rings. The molecule has 3 heteroatoms. The summed E-state index contributed by atoms with van der Waals surface area (Å²) in [4.78, 5) is 0. The Balaban J connectivity index is 2.20. The molecule has 2 aromatic rings. The molecule has 18 heavy (non-hydrogen) atoms. The van der Waals surface area contributed by atoms with Gasteiger partial charge < -0.3 is 10.1 Å². The number of hydrogen-bond donors (Lipinski definition) is 1. The second-order valence-corrected chi connectivity index (χ2v) is 3.74. The molecule has 0 bridgehead atoms. The molecule has 0 aromatic heterocycles. The molecule has 0 aliphatic carbocycles. The van der Waals surface area contributed by atoms with E-state index in [0.29, 0.717) is 12.2 Å². The first-order valence-corrected chi connectivity index (χ1v) is 5.82. The summed E-state index contributed by atoms with van der Waals surface area (Å²) in [5.41, 5.74) is 2.50. The fourth-order valence-electron chi connectivity index (χ4n) is 1.63. The fourth-order valence-corrected chi connectivity index (χ4v) is 1.63. The molecule has 0 saturated heterocycles. The van der Waals surface area contributed by atoms with Crippen LogP contribution in [0.25, 0.3) is 0 Å². The number of nitriles is 1. The number of nitrogens with zero attached hydrogens (tertiary/aromatic N) is 1. The van der Waals surface area contributed by atoms with Crippen LogP contribution in [-0.4, -0.2) is 6.61 Å². The average Bonchev–Trinajstić information content (AvgIpc) is 2.42. The van der Waals surface area contributed by atoms with Gasteiger partial charge in [-0.25, -0.2) is 0 Å². The van der Waals surface area contributed by atoms with Gasteiger partial charge in [-0.3, -0.25) is 0 Å². The molecule has 0 saturated carbocycles. The Bertz CT molecular complexity index is 555. The van der Waals surface area contributed by atoms with Crippen LogP contribution in [0.5, 0.6) is 5.75 Å². The Labute approximate surface area is 107 Å². The SMILES string of the molecule is CCOc1ccccc1Nc1ccc(C#N)cc1. The van der Waals surface area contributed by atoms with E-state index in [1.807, 2.05) is 43.3 Å². The molecule has 0 aliphatic heterocycles. The Morgan fingerprint density at radius 2 is 1.83 bits per heavy atom. The first-order chi connectivity index (χ1) is 8.83. The van der Waals surface area contributed by atoms with Crippen molar-refractivity contribution in [2.24, 2.45) is 0 Å². The zero-order valence-corrected chi connectivity index (χ0v) is 10.2. The molecule has 3 nitrogen and oxygen atoms in total. The predicted octanol–water partition coefficient (Wildman–Crippen LogP) is 3.70. The van der Waals surface area contributed by atoms with Crippen molar-refractivity contribution in [3.8, 4) is 11.8 Å². The molecule has 90 valence electrons. The van der Waals surface area contributed by atoms with Crippen molar-refractivity contribution in [2.75, 3.05) is 11.9 Å². The quantitative estimate of drug-likeness (QED) is 0.883. The summed E-state index contributed by atoms with van der Waals surface area (Å²) in [6.45, 7) is 2.59. The lowest BCUT2D eigenvalue weighted by Gasteiger charge is -2.12. The summed E-state index contributed by atoms with van der Waals surface area (Å²) in [6, 6.07) is 17.2. The van der Waals surface area contributed by atoms with Gasteiger partial charge in [-0.15, -0.1) is 0 Å². The minimum atomic E-state index is 0.631. The number of hydrogen-bond acceptors (Lipinski definition) is 3. The van der Waals surface area contributed by atoms with Crippen molar-refractivity contribution < 1.29 is 4.74 Å². The molecular formula is C15H14N2O. The zero-order chi connectivity index (χ0) is 12.8. The van der Waals surface area contributed by atoms with Crippen LogP contribution in [0.4, 0.5) is 11.4 Å². The van der Waals surface area contributed by atoms with Crippen LogP contribution in [0.15, 0.2) is 48.5 Å². The minimum Gasteiger partial charge on any atom is -0.492 e. The number of nitrogens with one attached hydrogen (secondary N) is 1. The smallest absolute Gasteiger partial charge is 0.142 e. The molecule has 2 rings (SSSR count). The maximum atomic E-state index is 8.74. The van der Waals surface area contributed by atoms with Crippen molar-refractivity contribution in [3.63, 3.8) is 0 Å². The molecule has 0 radical (unpaired) electrons. The molecular weight excluding hydrogens is 224 g/mol. The van der Waals surface area contributed by atoms with E-state index in [1.54, 1.807) is 12.1 Å². The molecule has 0 aliphatic rings. The maximum Gasteiger partial charge on any atom is 0.142 e. The zero-order valence-electron chi connectivity index (χ0n) is 10.2. The van der Waals surface area contributed by atoms with Crippen LogP contribution in [0.1, 0.15) is 12.5 Å². The third-order valence-corrected chi connectivity index (χ3v) is 2.48. The Hall–Kier alpha value is -2.47. The van der Waals surface area contributed by atoms with E-state index in [4.69, 9.17) is 10.00 Å². The molecule has 0 amide bonds. The number of rotatable bonds is 4. The van der Waals surface area contributed by atoms with E-state index in [0.717, 1.165) is 17.1 Å².